The number of hydrogen-bond acceptors (Lipinski definition) is 2. The summed E-state index contributed by atoms with van der Waals surface area (Å²) in [6.45, 7) is 4.19. The van der Waals surface area contributed by atoms with E-state index >= 15 is 0 Å². The molecule has 0 fully saturated rings. The lowest BCUT2D eigenvalue weighted by Crippen LogP contribution is -1.96. The molecule has 1 N–H and O–H groups in total. The molecule has 0 aliphatic carbocycles. The molecule has 1 aromatic heterocycles. The monoisotopic (exact) mass is 326 g/mol. The van der Waals surface area contributed by atoms with Gasteiger partial charge in [0.2, 0.25) is 0 Å². The van der Waals surface area contributed by atoms with E-state index in [1.54, 1.807) is 0 Å². The van der Waals surface area contributed by atoms with Crippen LogP contribution in [0.2, 0.25) is 0 Å². The highest BCUT2D eigenvalue weighted by atomic mass is 79.9. The normalized spacial score (nSPS) is 10.8. The van der Waals surface area contributed by atoms with Crippen molar-refractivity contribution in [2.24, 2.45) is 0 Å². The lowest BCUT2D eigenvalue weighted by atomic mass is 10.1. The minimum atomic E-state index is 0.866. The molecule has 100 valence electrons. The molecular formula is C17H15BrN2. The molecule has 2 nitrogen and oxygen atoms in total. The first-order valence-electron chi connectivity index (χ1n) is 6.53. The molecule has 0 unspecified atom stereocenters. The summed E-state index contributed by atoms with van der Waals surface area (Å²) in [5.41, 5.74) is 4.49. The Morgan fingerprint density at radius 1 is 1.00 bits per heavy atom. The number of para-hydroxylation sites is 1. The van der Waals surface area contributed by atoms with Crippen molar-refractivity contribution in [1.29, 1.82) is 0 Å². The Morgan fingerprint density at radius 3 is 2.60 bits per heavy atom. The second-order valence-electron chi connectivity index (χ2n) is 4.95. The fourth-order valence-corrected chi connectivity index (χ4v) is 2.87. The number of nitrogens with one attached hydrogen (secondary N) is 1. The van der Waals surface area contributed by atoms with Crippen molar-refractivity contribution in [2.75, 3.05) is 5.32 Å². The van der Waals surface area contributed by atoms with Gasteiger partial charge in [-0.2, -0.15) is 0 Å². The molecule has 0 aliphatic heterocycles. The molecule has 0 aliphatic rings. The van der Waals surface area contributed by atoms with Crippen molar-refractivity contribution in [1.82, 2.24) is 4.98 Å². The van der Waals surface area contributed by atoms with Gasteiger partial charge in [0.05, 0.1) is 11.2 Å². The average Bonchev–Trinajstić information content (AvgIpc) is 2.42. The first-order valence-corrected chi connectivity index (χ1v) is 7.32. The van der Waals surface area contributed by atoms with Crippen LogP contribution in [0.5, 0.6) is 0 Å². The van der Waals surface area contributed by atoms with E-state index in [1.165, 1.54) is 16.5 Å². The second-order valence-corrected chi connectivity index (χ2v) is 5.80. The lowest BCUT2D eigenvalue weighted by Gasteiger charge is -2.11. The van der Waals surface area contributed by atoms with E-state index in [1.807, 2.05) is 18.2 Å². The van der Waals surface area contributed by atoms with Gasteiger partial charge in [-0.3, -0.25) is 0 Å². The molecule has 0 atom stereocenters. The molecule has 0 bridgehead atoms. The van der Waals surface area contributed by atoms with Gasteiger partial charge >= 0.3 is 0 Å². The number of anilines is 2. The molecule has 3 rings (SSSR count). The highest BCUT2D eigenvalue weighted by molar-refractivity contribution is 9.10. The molecule has 0 saturated heterocycles. The van der Waals surface area contributed by atoms with Crippen molar-refractivity contribution in [3.8, 4) is 0 Å². The van der Waals surface area contributed by atoms with Crippen LogP contribution in [0.15, 0.2) is 53.0 Å². The minimum Gasteiger partial charge on any atom is -0.339 e. The van der Waals surface area contributed by atoms with Gasteiger partial charge in [-0.05, 0) is 65.2 Å². The number of benzene rings is 2. The van der Waals surface area contributed by atoms with Gasteiger partial charge in [0, 0.05) is 9.86 Å². The maximum Gasteiger partial charge on any atom is 0.131 e. The lowest BCUT2D eigenvalue weighted by molar-refractivity contribution is 1.33. The van der Waals surface area contributed by atoms with Crippen LogP contribution in [0.4, 0.5) is 11.5 Å². The quantitative estimate of drug-likeness (QED) is 0.685. The highest BCUT2D eigenvalue weighted by Gasteiger charge is 2.05. The summed E-state index contributed by atoms with van der Waals surface area (Å²) in [4.78, 5) is 4.66. The molecule has 3 aromatic rings. The van der Waals surface area contributed by atoms with Gasteiger partial charge in [-0.1, -0.05) is 24.3 Å². The third kappa shape index (κ3) is 2.54. The molecule has 0 radical (unpaired) electrons. The van der Waals surface area contributed by atoms with Crippen LogP contribution in [0.1, 0.15) is 11.1 Å². The number of hydrogen-bond donors (Lipinski definition) is 1. The van der Waals surface area contributed by atoms with E-state index in [9.17, 15) is 0 Å². The summed E-state index contributed by atoms with van der Waals surface area (Å²) in [5, 5.41) is 4.57. The molecule has 1 heterocycles. The number of halogens is 1. The van der Waals surface area contributed by atoms with E-state index in [4.69, 9.17) is 0 Å². The van der Waals surface area contributed by atoms with Crippen molar-refractivity contribution in [3.63, 3.8) is 0 Å². The number of rotatable bonds is 2. The van der Waals surface area contributed by atoms with Gasteiger partial charge in [0.25, 0.3) is 0 Å². The van der Waals surface area contributed by atoms with Crippen molar-refractivity contribution >= 4 is 38.3 Å². The summed E-state index contributed by atoms with van der Waals surface area (Å²) in [6.07, 6.45) is 0. The first-order chi connectivity index (χ1) is 9.63. The predicted octanol–water partition coefficient (Wildman–Crippen LogP) is 5.36. The molecule has 20 heavy (non-hydrogen) atoms. The molecular weight excluding hydrogens is 312 g/mol. The number of nitrogens with zero attached hydrogens (tertiary/aromatic N) is 1. The Hall–Kier alpha value is -1.87. The Kier molecular flexibility index (Phi) is 3.45. The topological polar surface area (TPSA) is 24.9 Å². The molecule has 0 saturated carbocycles. The fourth-order valence-electron chi connectivity index (χ4n) is 2.27. The molecule has 2 aromatic carbocycles. The zero-order chi connectivity index (χ0) is 14.1. The summed E-state index contributed by atoms with van der Waals surface area (Å²) in [6, 6.07) is 16.5. The average molecular weight is 327 g/mol. The largest absolute Gasteiger partial charge is 0.339 e. The van der Waals surface area contributed by atoms with E-state index in [0.29, 0.717) is 0 Å². The number of aryl methyl sites for hydroxylation is 2. The van der Waals surface area contributed by atoms with Crippen LogP contribution in [0, 0.1) is 13.8 Å². The Labute approximate surface area is 127 Å². The predicted molar refractivity (Wildman–Crippen MR) is 88.6 cm³/mol. The smallest absolute Gasteiger partial charge is 0.131 e. The van der Waals surface area contributed by atoms with Gasteiger partial charge in [0.15, 0.2) is 0 Å². The third-order valence-electron chi connectivity index (χ3n) is 3.31. The van der Waals surface area contributed by atoms with Gasteiger partial charge in [-0.15, -0.1) is 0 Å². The summed E-state index contributed by atoms with van der Waals surface area (Å²) in [5.74, 6) is 0.866. The zero-order valence-electron chi connectivity index (χ0n) is 11.4. The SMILES string of the molecule is Cc1ccc(Nc2cc(C)c3ccccc3n2)c(Br)c1. The maximum atomic E-state index is 4.66. The Morgan fingerprint density at radius 2 is 1.80 bits per heavy atom. The van der Waals surface area contributed by atoms with Crippen LogP contribution in [-0.4, -0.2) is 4.98 Å². The van der Waals surface area contributed by atoms with Crippen LogP contribution in [0.25, 0.3) is 10.9 Å². The molecule has 3 heteroatoms. The van der Waals surface area contributed by atoms with Crippen LogP contribution < -0.4 is 5.32 Å². The van der Waals surface area contributed by atoms with Gasteiger partial charge < -0.3 is 5.32 Å². The van der Waals surface area contributed by atoms with Crippen molar-refractivity contribution in [3.05, 3.63) is 64.1 Å². The summed E-state index contributed by atoms with van der Waals surface area (Å²) in [7, 11) is 0. The minimum absolute atomic E-state index is 0.866. The number of fused-ring (bicyclic) bond motifs is 1. The highest BCUT2D eigenvalue weighted by Crippen LogP contribution is 2.28. The van der Waals surface area contributed by atoms with Crippen molar-refractivity contribution in [2.45, 2.75) is 13.8 Å². The third-order valence-corrected chi connectivity index (χ3v) is 3.97. The Bertz CT molecular complexity index is 781. The van der Waals surface area contributed by atoms with E-state index in [2.05, 4.69) is 70.4 Å². The van der Waals surface area contributed by atoms with Crippen LogP contribution in [0.3, 0.4) is 0 Å². The van der Waals surface area contributed by atoms with Gasteiger partial charge in [0.1, 0.15) is 5.82 Å². The zero-order valence-corrected chi connectivity index (χ0v) is 13.0. The van der Waals surface area contributed by atoms with Gasteiger partial charge in [-0.25, -0.2) is 4.98 Å². The second kappa shape index (κ2) is 5.25. The van der Waals surface area contributed by atoms with E-state index in [-0.39, 0.29) is 0 Å². The maximum absolute atomic E-state index is 4.66. The van der Waals surface area contributed by atoms with Crippen LogP contribution >= 0.6 is 15.9 Å². The first kappa shape index (κ1) is 13.1. The number of pyridine rings is 1. The Balaban J connectivity index is 2.02. The fraction of sp³-hybridized carbons (Fsp3) is 0.118. The standard InChI is InChI=1S/C17H15BrN2/c1-11-7-8-16(14(18)9-11)20-17-10-12(2)13-5-3-4-6-15(13)19-17/h3-10H,1-2H3,(H,19,20). The van der Waals surface area contributed by atoms with E-state index in [0.717, 1.165) is 21.5 Å². The van der Waals surface area contributed by atoms with Crippen LogP contribution in [-0.2, 0) is 0 Å². The molecule has 0 spiro atoms. The summed E-state index contributed by atoms with van der Waals surface area (Å²) >= 11 is 3.58. The van der Waals surface area contributed by atoms with Crippen molar-refractivity contribution < 1.29 is 0 Å². The summed E-state index contributed by atoms with van der Waals surface area (Å²) < 4.78 is 1.05. The van der Waals surface area contributed by atoms with E-state index < -0.39 is 0 Å². The number of aromatic nitrogens is 1. The molecule has 0 amide bonds.